The molecule has 0 aliphatic carbocycles. The summed E-state index contributed by atoms with van der Waals surface area (Å²) in [6, 6.07) is 2.86. The summed E-state index contributed by atoms with van der Waals surface area (Å²) >= 11 is 0. The molecule has 0 bridgehead atoms. The van der Waals surface area contributed by atoms with Crippen molar-refractivity contribution in [2.75, 3.05) is 0 Å². The third kappa shape index (κ3) is 3.30. The number of rotatable bonds is 3. The van der Waals surface area contributed by atoms with Gasteiger partial charge in [-0.25, -0.2) is 0 Å². The molecule has 1 unspecified atom stereocenters. The Morgan fingerprint density at radius 2 is 2.00 bits per heavy atom. The van der Waals surface area contributed by atoms with Crippen molar-refractivity contribution in [2.24, 2.45) is 0 Å². The molecule has 0 aliphatic rings. The van der Waals surface area contributed by atoms with Crippen molar-refractivity contribution < 1.29 is 27.2 Å². The third-order valence-electron chi connectivity index (χ3n) is 1.86. The Bertz CT molecular complexity index is 433. The number of nitro benzene ring substituents is 1. The summed E-state index contributed by atoms with van der Waals surface area (Å²) in [5, 5.41) is 10.4. The van der Waals surface area contributed by atoms with Crippen LogP contribution in [0.3, 0.4) is 0 Å². The maximum Gasteiger partial charge on any atom is 0.457 e. The zero-order chi connectivity index (χ0) is 13.2. The van der Waals surface area contributed by atoms with Gasteiger partial charge in [-0.05, 0) is 18.6 Å². The average Bonchev–Trinajstić information content (AvgIpc) is 2.19. The molecule has 0 amide bonds. The van der Waals surface area contributed by atoms with Crippen molar-refractivity contribution in [1.82, 2.24) is 0 Å². The molecule has 0 spiro atoms. The predicted molar refractivity (Wildman–Crippen MR) is 49.4 cm³/mol. The summed E-state index contributed by atoms with van der Waals surface area (Å²) in [4.78, 5) is 9.64. The number of nitrogens with zero attached hydrogens (tertiary/aromatic N) is 1. The number of aryl methyl sites for hydroxylation is 1. The van der Waals surface area contributed by atoms with Crippen molar-refractivity contribution >= 4 is 5.69 Å². The SMILES string of the molecule is Cc1cc([N+](=O)[O-])ccc1OC(F)C(F)(F)F. The Morgan fingerprint density at radius 1 is 1.41 bits per heavy atom. The Kier molecular flexibility index (Phi) is 3.54. The van der Waals surface area contributed by atoms with Crippen LogP contribution < -0.4 is 4.74 Å². The quantitative estimate of drug-likeness (QED) is 0.472. The first-order chi connectivity index (χ1) is 7.71. The van der Waals surface area contributed by atoms with Crippen LogP contribution in [0.1, 0.15) is 5.56 Å². The first kappa shape index (κ1) is 13.2. The minimum absolute atomic E-state index is 0.0473. The number of hydrogen-bond donors (Lipinski definition) is 0. The normalized spacial score (nSPS) is 13.2. The van der Waals surface area contributed by atoms with Gasteiger partial charge >= 0.3 is 12.5 Å². The molecule has 1 atom stereocenters. The molecule has 0 saturated carbocycles. The van der Waals surface area contributed by atoms with E-state index in [-0.39, 0.29) is 17.0 Å². The Balaban J connectivity index is 2.90. The maximum atomic E-state index is 12.6. The fourth-order valence-electron chi connectivity index (χ4n) is 1.06. The highest BCUT2D eigenvalue weighted by Crippen LogP contribution is 2.29. The van der Waals surface area contributed by atoms with Gasteiger partial charge in [0.15, 0.2) is 0 Å². The van der Waals surface area contributed by atoms with Gasteiger partial charge in [0.25, 0.3) is 5.69 Å². The molecule has 4 nitrogen and oxygen atoms in total. The van der Waals surface area contributed by atoms with Crippen LogP contribution in [0, 0.1) is 17.0 Å². The fourth-order valence-corrected chi connectivity index (χ4v) is 1.06. The van der Waals surface area contributed by atoms with E-state index in [9.17, 15) is 27.7 Å². The van der Waals surface area contributed by atoms with Crippen molar-refractivity contribution in [3.05, 3.63) is 33.9 Å². The Labute approximate surface area is 93.0 Å². The highest BCUT2D eigenvalue weighted by atomic mass is 19.4. The van der Waals surface area contributed by atoms with E-state index >= 15 is 0 Å². The van der Waals surface area contributed by atoms with E-state index in [2.05, 4.69) is 4.74 Å². The van der Waals surface area contributed by atoms with Gasteiger partial charge in [0, 0.05) is 12.1 Å². The highest BCUT2D eigenvalue weighted by Gasteiger charge is 2.42. The minimum atomic E-state index is -5.13. The molecule has 0 radical (unpaired) electrons. The van der Waals surface area contributed by atoms with Crippen LogP contribution in [0.15, 0.2) is 18.2 Å². The van der Waals surface area contributed by atoms with E-state index in [1.54, 1.807) is 0 Å². The van der Waals surface area contributed by atoms with Crippen molar-refractivity contribution in [1.29, 1.82) is 0 Å². The smallest absolute Gasteiger partial charge is 0.452 e. The molecule has 0 saturated heterocycles. The topological polar surface area (TPSA) is 52.4 Å². The minimum Gasteiger partial charge on any atom is -0.452 e. The van der Waals surface area contributed by atoms with Crippen LogP contribution in [0.4, 0.5) is 23.2 Å². The van der Waals surface area contributed by atoms with Crippen LogP contribution in [-0.2, 0) is 0 Å². The second kappa shape index (κ2) is 4.56. The maximum absolute atomic E-state index is 12.6. The fraction of sp³-hybridized carbons (Fsp3) is 0.333. The van der Waals surface area contributed by atoms with Gasteiger partial charge < -0.3 is 4.74 Å². The summed E-state index contributed by atoms with van der Waals surface area (Å²) in [5.74, 6) is -0.388. The zero-order valence-corrected chi connectivity index (χ0v) is 8.49. The second-order valence-corrected chi connectivity index (χ2v) is 3.18. The largest absolute Gasteiger partial charge is 0.457 e. The van der Waals surface area contributed by atoms with Gasteiger partial charge in [-0.1, -0.05) is 0 Å². The van der Waals surface area contributed by atoms with Crippen molar-refractivity contribution in [2.45, 2.75) is 19.5 Å². The molecule has 0 aliphatic heterocycles. The van der Waals surface area contributed by atoms with Crippen molar-refractivity contribution in [3.63, 3.8) is 0 Å². The van der Waals surface area contributed by atoms with E-state index in [4.69, 9.17) is 0 Å². The summed E-state index contributed by atoms with van der Waals surface area (Å²) in [5.41, 5.74) is -0.261. The lowest BCUT2D eigenvalue weighted by Gasteiger charge is -2.15. The van der Waals surface area contributed by atoms with Crippen LogP contribution in [0.25, 0.3) is 0 Å². The number of alkyl halides is 4. The lowest BCUT2D eigenvalue weighted by atomic mass is 10.2. The molecule has 8 heteroatoms. The molecule has 94 valence electrons. The van der Waals surface area contributed by atoms with Crippen LogP contribution in [0.5, 0.6) is 5.75 Å². The van der Waals surface area contributed by atoms with Gasteiger partial charge in [0.2, 0.25) is 0 Å². The van der Waals surface area contributed by atoms with Gasteiger partial charge in [0.1, 0.15) is 5.75 Å². The van der Waals surface area contributed by atoms with E-state index in [0.29, 0.717) is 0 Å². The number of nitro groups is 1. The summed E-state index contributed by atoms with van der Waals surface area (Å²) in [6.07, 6.45) is -8.59. The molecule has 0 aromatic heterocycles. The van der Waals surface area contributed by atoms with Crippen LogP contribution in [0.2, 0.25) is 0 Å². The number of halogens is 4. The predicted octanol–water partition coefficient (Wildman–Crippen LogP) is 3.14. The lowest BCUT2D eigenvalue weighted by Crippen LogP contribution is -2.30. The lowest BCUT2D eigenvalue weighted by molar-refractivity contribution is -0.384. The van der Waals surface area contributed by atoms with E-state index in [0.717, 1.165) is 18.2 Å². The summed E-state index contributed by atoms with van der Waals surface area (Å²) in [6.45, 7) is 1.28. The molecule has 0 heterocycles. The van der Waals surface area contributed by atoms with Crippen LogP contribution in [-0.4, -0.2) is 17.5 Å². The molecule has 1 aromatic rings. The van der Waals surface area contributed by atoms with Gasteiger partial charge in [0.05, 0.1) is 4.92 Å². The number of non-ortho nitro benzene ring substituents is 1. The average molecular weight is 253 g/mol. The van der Waals surface area contributed by atoms with Crippen LogP contribution >= 0.6 is 0 Å². The molecule has 1 aromatic carbocycles. The zero-order valence-electron chi connectivity index (χ0n) is 8.49. The summed E-state index contributed by atoms with van der Waals surface area (Å²) < 4.78 is 52.2. The first-order valence-electron chi connectivity index (χ1n) is 4.34. The number of hydrogen-bond acceptors (Lipinski definition) is 3. The van der Waals surface area contributed by atoms with E-state index in [1.807, 2.05) is 0 Å². The van der Waals surface area contributed by atoms with Gasteiger partial charge in [-0.3, -0.25) is 10.1 Å². The van der Waals surface area contributed by atoms with Gasteiger partial charge in [-0.15, -0.1) is 0 Å². The van der Waals surface area contributed by atoms with E-state index < -0.39 is 17.5 Å². The molecule has 0 N–H and O–H groups in total. The standard InChI is InChI=1S/C9H7F4NO3/c1-5-4-6(14(15)16)2-3-7(5)17-8(10)9(11,12)13/h2-4,8H,1H3. The molecular formula is C9H7F4NO3. The van der Waals surface area contributed by atoms with Crippen molar-refractivity contribution in [3.8, 4) is 5.75 Å². The van der Waals surface area contributed by atoms with Gasteiger partial charge in [-0.2, -0.15) is 17.6 Å². The Hall–Kier alpha value is -1.86. The molecule has 0 fully saturated rings. The first-order valence-corrected chi connectivity index (χ1v) is 4.34. The Morgan fingerprint density at radius 3 is 2.41 bits per heavy atom. The molecule has 17 heavy (non-hydrogen) atoms. The third-order valence-corrected chi connectivity index (χ3v) is 1.86. The monoisotopic (exact) mass is 253 g/mol. The second-order valence-electron chi connectivity index (χ2n) is 3.18. The highest BCUT2D eigenvalue weighted by molar-refractivity contribution is 5.42. The molecular weight excluding hydrogens is 246 g/mol. The summed E-state index contributed by atoms with van der Waals surface area (Å²) in [7, 11) is 0. The van der Waals surface area contributed by atoms with E-state index in [1.165, 1.54) is 6.92 Å². The number of ether oxygens (including phenoxy) is 1. The number of benzene rings is 1. The molecule has 1 rings (SSSR count).